The van der Waals surface area contributed by atoms with Crippen LogP contribution in [0.5, 0.6) is 0 Å². The van der Waals surface area contributed by atoms with E-state index in [1.807, 2.05) is 31.2 Å². The number of rotatable bonds is 10. The highest BCUT2D eigenvalue weighted by Crippen LogP contribution is 2.13. The number of hydrogen-bond donors (Lipinski definition) is 1. The second kappa shape index (κ2) is 11.4. The van der Waals surface area contributed by atoms with E-state index in [1.54, 1.807) is 48.5 Å². The molecular weight excluding hydrogens is 442 g/mol. The van der Waals surface area contributed by atoms with Crippen LogP contribution < -0.4 is 4.72 Å². The minimum atomic E-state index is -4.08. The van der Waals surface area contributed by atoms with E-state index in [2.05, 4.69) is 4.72 Å². The molecule has 3 aromatic rings. The van der Waals surface area contributed by atoms with Gasteiger partial charge in [-0.15, -0.1) is 0 Å². The van der Waals surface area contributed by atoms with Crippen molar-refractivity contribution < 1.29 is 27.5 Å². The van der Waals surface area contributed by atoms with Crippen LogP contribution in [0.3, 0.4) is 0 Å². The largest absolute Gasteiger partial charge is 0.461 e. The Morgan fingerprint density at radius 2 is 1.30 bits per heavy atom. The molecule has 3 aromatic carbocycles. The van der Waals surface area contributed by atoms with Crippen molar-refractivity contribution in [1.82, 2.24) is 4.72 Å². The first-order chi connectivity index (χ1) is 15.8. The maximum Gasteiger partial charge on any atom is 0.325 e. The molecule has 1 atom stereocenters. The molecule has 0 unspecified atom stereocenters. The molecule has 7 nitrogen and oxygen atoms in total. The Bertz CT molecular complexity index is 1160. The van der Waals surface area contributed by atoms with Crippen molar-refractivity contribution in [1.29, 1.82) is 0 Å². The molecule has 0 radical (unpaired) electrons. The number of nitrogens with one attached hydrogen (secondary N) is 1. The first-order valence-corrected chi connectivity index (χ1v) is 11.8. The van der Waals surface area contributed by atoms with Crippen molar-refractivity contribution in [3.63, 3.8) is 0 Å². The Kier molecular flexibility index (Phi) is 8.34. The molecule has 8 heteroatoms. The van der Waals surface area contributed by atoms with Crippen LogP contribution in [0.25, 0.3) is 0 Å². The lowest BCUT2D eigenvalue weighted by Gasteiger charge is -2.17. The van der Waals surface area contributed by atoms with Gasteiger partial charge in [-0.1, -0.05) is 78.4 Å². The molecule has 0 saturated heterocycles. The summed E-state index contributed by atoms with van der Waals surface area (Å²) in [5.74, 6) is -1.60. The lowest BCUT2D eigenvalue weighted by Crippen LogP contribution is -2.43. The van der Waals surface area contributed by atoms with Crippen LogP contribution in [0, 0.1) is 6.92 Å². The number of carbonyl (C=O) groups is 2. The van der Waals surface area contributed by atoms with Crippen LogP contribution in [0.4, 0.5) is 0 Å². The summed E-state index contributed by atoms with van der Waals surface area (Å²) in [6.07, 6.45) is -0.508. The van der Waals surface area contributed by atoms with Crippen LogP contribution in [0.2, 0.25) is 0 Å². The topological polar surface area (TPSA) is 98.8 Å². The number of ether oxygens (including phenoxy) is 2. The second-order valence-corrected chi connectivity index (χ2v) is 9.14. The van der Waals surface area contributed by atoms with E-state index in [0.29, 0.717) is 0 Å². The average Bonchev–Trinajstić information content (AvgIpc) is 2.82. The smallest absolute Gasteiger partial charge is 0.325 e. The Hall–Kier alpha value is -3.49. The lowest BCUT2D eigenvalue weighted by molar-refractivity contribution is -0.153. The molecule has 0 heterocycles. The minimum absolute atomic E-state index is 0.0101. The van der Waals surface area contributed by atoms with Crippen LogP contribution in [0.1, 0.15) is 23.1 Å². The Labute approximate surface area is 193 Å². The molecule has 0 amide bonds. The molecular formula is C25H25NO6S. The molecule has 0 aliphatic carbocycles. The highest BCUT2D eigenvalue weighted by molar-refractivity contribution is 7.89. The summed E-state index contributed by atoms with van der Waals surface area (Å²) in [6, 6.07) is 22.7. The van der Waals surface area contributed by atoms with Gasteiger partial charge in [-0.05, 0) is 30.2 Å². The third-order valence-electron chi connectivity index (χ3n) is 4.75. The van der Waals surface area contributed by atoms with Gasteiger partial charge in [-0.2, -0.15) is 4.72 Å². The molecule has 0 aromatic heterocycles. The van der Waals surface area contributed by atoms with E-state index in [4.69, 9.17) is 9.47 Å². The molecule has 3 rings (SSSR count). The summed E-state index contributed by atoms with van der Waals surface area (Å²) >= 11 is 0. The molecule has 0 spiro atoms. The van der Waals surface area contributed by atoms with Crippen molar-refractivity contribution in [3.05, 3.63) is 102 Å². The monoisotopic (exact) mass is 467 g/mol. The van der Waals surface area contributed by atoms with Crippen LogP contribution >= 0.6 is 0 Å². The minimum Gasteiger partial charge on any atom is -0.461 e. The van der Waals surface area contributed by atoms with E-state index >= 15 is 0 Å². The van der Waals surface area contributed by atoms with Gasteiger partial charge < -0.3 is 9.47 Å². The van der Waals surface area contributed by atoms with Gasteiger partial charge in [-0.25, -0.2) is 8.42 Å². The summed E-state index contributed by atoms with van der Waals surface area (Å²) < 4.78 is 38.4. The number of hydrogen-bond acceptors (Lipinski definition) is 6. The molecule has 0 aliphatic rings. The third-order valence-corrected chi connectivity index (χ3v) is 6.24. The standard InChI is InChI=1S/C25H25NO6S/c1-19-12-14-22(15-13-19)33(29,30)26-23(25(28)32-18-21-10-6-3-7-11-21)16-24(27)31-17-20-8-4-2-5-9-20/h2-15,23,26H,16-18H2,1H3/t23-/m1/s1. The molecule has 172 valence electrons. The molecule has 0 aliphatic heterocycles. The summed E-state index contributed by atoms with van der Waals surface area (Å²) in [7, 11) is -4.08. The Balaban J connectivity index is 1.70. The Morgan fingerprint density at radius 1 is 0.788 bits per heavy atom. The highest BCUT2D eigenvalue weighted by atomic mass is 32.2. The molecule has 1 N–H and O–H groups in total. The van der Waals surface area contributed by atoms with E-state index in [0.717, 1.165) is 16.7 Å². The third kappa shape index (κ3) is 7.55. The maximum absolute atomic E-state index is 12.8. The van der Waals surface area contributed by atoms with Crippen molar-refractivity contribution in [2.75, 3.05) is 0 Å². The first-order valence-electron chi connectivity index (χ1n) is 10.3. The van der Waals surface area contributed by atoms with Crippen LogP contribution in [-0.4, -0.2) is 26.4 Å². The summed E-state index contributed by atoms with van der Waals surface area (Å²) in [4.78, 5) is 25.1. The zero-order chi connectivity index (χ0) is 23.7. The Morgan fingerprint density at radius 3 is 1.85 bits per heavy atom. The van der Waals surface area contributed by atoms with Gasteiger partial charge in [0.15, 0.2) is 0 Å². The summed E-state index contributed by atoms with van der Waals surface area (Å²) in [5, 5.41) is 0. The number of carbonyl (C=O) groups excluding carboxylic acids is 2. The quantitative estimate of drug-likeness (QED) is 0.458. The fourth-order valence-electron chi connectivity index (χ4n) is 2.94. The molecule has 0 saturated carbocycles. The van der Waals surface area contributed by atoms with Crippen molar-refractivity contribution in [2.24, 2.45) is 0 Å². The number of aryl methyl sites for hydroxylation is 1. The SMILES string of the molecule is Cc1ccc(S(=O)(=O)N[C@H](CC(=O)OCc2ccccc2)C(=O)OCc2ccccc2)cc1. The fraction of sp³-hybridized carbons (Fsp3) is 0.200. The van der Waals surface area contributed by atoms with Crippen molar-refractivity contribution in [2.45, 2.75) is 37.5 Å². The second-order valence-electron chi connectivity index (χ2n) is 7.43. The number of benzene rings is 3. The highest BCUT2D eigenvalue weighted by Gasteiger charge is 2.30. The van der Waals surface area contributed by atoms with Crippen molar-refractivity contribution >= 4 is 22.0 Å². The lowest BCUT2D eigenvalue weighted by atomic mass is 10.2. The molecule has 0 fully saturated rings. The van der Waals surface area contributed by atoms with Crippen LogP contribution in [0.15, 0.2) is 89.8 Å². The maximum atomic E-state index is 12.8. The van der Waals surface area contributed by atoms with Gasteiger partial charge in [0.25, 0.3) is 0 Å². The van der Waals surface area contributed by atoms with Gasteiger partial charge in [0, 0.05) is 0 Å². The predicted octanol–water partition coefficient (Wildman–Crippen LogP) is 3.52. The van der Waals surface area contributed by atoms with E-state index in [9.17, 15) is 18.0 Å². The fourth-order valence-corrected chi connectivity index (χ4v) is 4.12. The predicted molar refractivity (Wildman–Crippen MR) is 122 cm³/mol. The van der Waals surface area contributed by atoms with E-state index in [1.165, 1.54) is 12.1 Å². The van der Waals surface area contributed by atoms with Gasteiger partial charge in [-0.3, -0.25) is 9.59 Å². The van der Waals surface area contributed by atoms with Gasteiger partial charge in [0.05, 0.1) is 11.3 Å². The molecule has 0 bridgehead atoms. The van der Waals surface area contributed by atoms with Gasteiger partial charge in [0.2, 0.25) is 10.0 Å². The first kappa shape index (κ1) is 24.2. The number of sulfonamides is 1. The van der Waals surface area contributed by atoms with Gasteiger partial charge in [0.1, 0.15) is 19.3 Å². The van der Waals surface area contributed by atoms with E-state index in [-0.39, 0.29) is 18.1 Å². The number of esters is 2. The van der Waals surface area contributed by atoms with Crippen molar-refractivity contribution in [3.8, 4) is 0 Å². The zero-order valence-corrected chi connectivity index (χ0v) is 19.0. The van der Waals surface area contributed by atoms with E-state index < -0.39 is 34.4 Å². The van der Waals surface area contributed by atoms with Crippen LogP contribution in [-0.2, 0) is 42.3 Å². The summed E-state index contributed by atoms with van der Waals surface area (Å²) in [5.41, 5.74) is 2.39. The summed E-state index contributed by atoms with van der Waals surface area (Å²) in [6.45, 7) is 1.79. The molecule has 33 heavy (non-hydrogen) atoms. The van der Waals surface area contributed by atoms with Gasteiger partial charge >= 0.3 is 11.9 Å². The normalized spacial score (nSPS) is 12.0. The average molecular weight is 468 g/mol. The zero-order valence-electron chi connectivity index (χ0n) is 18.1.